The van der Waals surface area contributed by atoms with Crippen LogP contribution in [-0.2, 0) is 6.54 Å². The number of amides is 1. The van der Waals surface area contributed by atoms with Crippen LogP contribution in [0, 0.1) is 17.6 Å². The van der Waals surface area contributed by atoms with Crippen molar-refractivity contribution >= 4 is 38.9 Å². The third-order valence-corrected chi connectivity index (χ3v) is 8.81. The number of benzene rings is 2. The second kappa shape index (κ2) is 10.8. The van der Waals surface area contributed by atoms with Crippen LogP contribution in [0.15, 0.2) is 54.9 Å². The average Bonchev–Trinajstić information content (AvgIpc) is 3.28. The zero-order valence-corrected chi connectivity index (χ0v) is 22.2. The van der Waals surface area contributed by atoms with Gasteiger partial charge in [0.15, 0.2) is 0 Å². The second-order valence-corrected chi connectivity index (χ2v) is 11.0. The fourth-order valence-corrected chi connectivity index (χ4v) is 6.57. The highest BCUT2D eigenvalue weighted by molar-refractivity contribution is 7.21. The van der Waals surface area contributed by atoms with Crippen LogP contribution in [0.25, 0.3) is 21.2 Å². The fraction of sp³-hybridized carbons (Fsp3) is 0.310. The monoisotopic (exact) mass is 540 g/mol. The maximum atomic E-state index is 14.6. The molecule has 37 heavy (non-hydrogen) atoms. The lowest BCUT2D eigenvalue weighted by Crippen LogP contribution is -2.41. The molecular weight excluding hydrogens is 514 g/mol. The summed E-state index contributed by atoms with van der Waals surface area (Å²) >= 11 is 7.44. The third kappa shape index (κ3) is 5.20. The molecule has 0 N–H and O–H groups in total. The van der Waals surface area contributed by atoms with Crippen LogP contribution in [0.2, 0.25) is 5.02 Å². The molecule has 8 heteroatoms. The zero-order chi connectivity index (χ0) is 26.1. The first kappa shape index (κ1) is 25.6. The van der Waals surface area contributed by atoms with Crippen molar-refractivity contribution < 1.29 is 18.3 Å². The molecule has 0 radical (unpaired) electrons. The summed E-state index contributed by atoms with van der Waals surface area (Å²) in [6.07, 6.45) is 7.21. The predicted molar refractivity (Wildman–Crippen MR) is 144 cm³/mol. The van der Waals surface area contributed by atoms with Crippen LogP contribution >= 0.6 is 22.9 Å². The van der Waals surface area contributed by atoms with Crippen LogP contribution in [0.3, 0.4) is 0 Å². The summed E-state index contributed by atoms with van der Waals surface area (Å²) in [7, 11) is 1.61. The topological polar surface area (TPSA) is 42.4 Å². The van der Waals surface area contributed by atoms with E-state index in [2.05, 4.69) is 11.9 Å². The molecule has 0 bridgehead atoms. The van der Waals surface area contributed by atoms with Gasteiger partial charge in [-0.05, 0) is 90.8 Å². The van der Waals surface area contributed by atoms with Crippen LogP contribution in [0.1, 0.15) is 47.8 Å². The smallest absolute Gasteiger partial charge is 0.266 e. The largest absolute Gasteiger partial charge is 0.497 e. The minimum absolute atomic E-state index is 0.00440. The number of rotatable bonds is 6. The Morgan fingerprint density at radius 2 is 1.76 bits per heavy atom. The summed E-state index contributed by atoms with van der Waals surface area (Å²) in [6.45, 7) is 2.54. The van der Waals surface area contributed by atoms with Gasteiger partial charge in [-0.25, -0.2) is 8.78 Å². The Kier molecular flexibility index (Phi) is 7.45. The quantitative estimate of drug-likeness (QED) is 0.248. The molecule has 1 fully saturated rings. The molecule has 5 rings (SSSR count). The van der Waals surface area contributed by atoms with E-state index in [1.807, 2.05) is 35.2 Å². The SMILES string of the molecule is COc1cc(CN(C(=O)c2sc3c(F)ccc(F)c3c2Cl)C2CCC(C)CC2)cc(-c2ccncc2)c1. The van der Waals surface area contributed by atoms with Crippen LogP contribution in [-0.4, -0.2) is 28.9 Å². The fourth-order valence-electron chi connectivity index (χ4n) is 5.06. The van der Waals surface area contributed by atoms with Gasteiger partial charge in [0.05, 0.1) is 22.2 Å². The molecule has 2 aromatic heterocycles. The number of carbonyl (C=O) groups is 1. The first-order valence-electron chi connectivity index (χ1n) is 12.3. The molecule has 192 valence electrons. The summed E-state index contributed by atoms with van der Waals surface area (Å²) < 4.78 is 34.7. The normalized spacial score (nSPS) is 17.6. The summed E-state index contributed by atoms with van der Waals surface area (Å²) in [6, 6.07) is 11.8. The van der Waals surface area contributed by atoms with Gasteiger partial charge in [-0.2, -0.15) is 0 Å². The zero-order valence-electron chi connectivity index (χ0n) is 20.6. The van der Waals surface area contributed by atoms with Crippen molar-refractivity contribution in [2.24, 2.45) is 5.92 Å². The third-order valence-electron chi connectivity index (χ3n) is 7.13. The number of hydrogen-bond acceptors (Lipinski definition) is 4. The van der Waals surface area contributed by atoms with Crippen molar-refractivity contribution in [2.75, 3.05) is 7.11 Å². The molecule has 1 saturated carbocycles. The van der Waals surface area contributed by atoms with Crippen molar-refractivity contribution in [3.05, 3.63) is 82.0 Å². The van der Waals surface area contributed by atoms with Gasteiger partial charge in [0.25, 0.3) is 5.91 Å². The van der Waals surface area contributed by atoms with Crippen molar-refractivity contribution in [1.29, 1.82) is 0 Å². The van der Waals surface area contributed by atoms with Gasteiger partial charge < -0.3 is 9.64 Å². The lowest BCUT2D eigenvalue weighted by molar-refractivity contribution is 0.0598. The van der Waals surface area contributed by atoms with E-state index in [0.717, 1.165) is 65.8 Å². The van der Waals surface area contributed by atoms with Crippen molar-refractivity contribution in [3.8, 4) is 16.9 Å². The molecule has 1 amide bonds. The molecule has 4 nitrogen and oxygen atoms in total. The van der Waals surface area contributed by atoms with E-state index in [9.17, 15) is 13.6 Å². The Balaban J connectivity index is 1.56. The van der Waals surface area contributed by atoms with E-state index in [1.54, 1.807) is 19.5 Å². The highest BCUT2D eigenvalue weighted by Gasteiger charge is 2.32. The number of ether oxygens (including phenoxy) is 1. The van der Waals surface area contributed by atoms with Gasteiger partial charge in [0, 0.05) is 25.0 Å². The molecule has 0 atom stereocenters. The molecule has 2 heterocycles. The number of pyridine rings is 1. The van der Waals surface area contributed by atoms with Crippen LogP contribution in [0.4, 0.5) is 8.78 Å². The van der Waals surface area contributed by atoms with Crippen molar-refractivity contribution in [2.45, 2.75) is 45.2 Å². The molecule has 1 aliphatic rings. The summed E-state index contributed by atoms with van der Waals surface area (Å²) in [4.78, 5) is 20.1. The highest BCUT2D eigenvalue weighted by atomic mass is 35.5. The van der Waals surface area contributed by atoms with E-state index in [-0.39, 0.29) is 31.9 Å². The Labute approximate surface area is 223 Å². The van der Waals surface area contributed by atoms with E-state index < -0.39 is 11.6 Å². The van der Waals surface area contributed by atoms with Crippen molar-refractivity contribution in [3.63, 3.8) is 0 Å². The summed E-state index contributed by atoms with van der Waals surface area (Å²) in [5.74, 6) is -0.255. The minimum atomic E-state index is -0.635. The highest BCUT2D eigenvalue weighted by Crippen LogP contribution is 2.40. The molecular formula is C29H27ClF2N2O2S. The molecule has 2 aromatic carbocycles. The Hall–Kier alpha value is -3.03. The Bertz CT molecular complexity index is 1440. The average molecular weight is 541 g/mol. The Morgan fingerprint density at radius 1 is 1.05 bits per heavy atom. The first-order chi connectivity index (χ1) is 17.9. The number of aromatic nitrogens is 1. The first-order valence-corrected chi connectivity index (χ1v) is 13.5. The van der Waals surface area contributed by atoms with Gasteiger partial charge in [0.2, 0.25) is 0 Å². The van der Waals surface area contributed by atoms with Crippen LogP contribution < -0.4 is 4.74 Å². The predicted octanol–water partition coefficient (Wildman–Crippen LogP) is 8.12. The molecule has 1 aliphatic carbocycles. The van der Waals surface area contributed by atoms with Crippen molar-refractivity contribution in [1.82, 2.24) is 9.88 Å². The minimum Gasteiger partial charge on any atom is -0.497 e. The lowest BCUT2D eigenvalue weighted by atomic mass is 9.86. The molecule has 4 aromatic rings. The van der Waals surface area contributed by atoms with Gasteiger partial charge in [-0.1, -0.05) is 18.5 Å². The van der Waals surface area contributed by atoms with Crippen LogP contribution in [0.5, 0.6) is 5.75 Å². The van der Waals surface area contributed by atoms with Gasteiger partial charge in [0.1, 0.15) is 22.3 Å². The number of halogens is 3. The molecule has 0 aliphatic heterocycles. The summed E-state index contributed by atoms with van der Waals surface area (Å²) in [5.41, 5.74) is 2.83. The van der Waals surface area contributed by atoms with E-state index in [4.69, 9.17) is 16.3 Å². The number of fused-ring (bicyclic) bond motifs is 1. The number of carbonyl (C=O) groups excluding carboxylic acids is 1. The lowest BCUT2D eigenvalue weighted by Gasteiger charge is -2.36. The van der Waals surface area contributed by atoms with E-state index in [0.29, 0.717) is 18.2 Å². The van der Waals surface area contributed by atoms with E-state index in [1.165, 1.54) is 0 Å². The second-order valence-electron chi connectivity index (χ2n) is 9.63. The maximum absolute atomic E-state index is 14.6. The molecule has 0 unspecified atom stereocenters. The Morgan fingerprint density at radius 3 is 2.43 bits per heavy atom. The number of hydrogen-bond donors (Lipinski definition) is 0. The van der Waals surface area contributed by atoms with Gasteiger partial charge in [-0.15, -0.1) is 11.3 Å². The molecule has 0 spiro atoms. The van der Waals surface area contributed by atoms with E-state index >= 15 is 0 Å². The number of thiophene rings is 1. The van der Waals surface area contributed by atoms with Gasteiger partial charge in [-0.3, -0.25) is 9.78 Å². The standard InChI is InChI=1S/C29H27ClF2N2O2S/c1-17-3-5-21(6-4-17)34(29(35)28-26(30)25-23(31)7-8-24(32)27(25)37-28)16-18-13-20(15-22(14-18)36-2)19-9-11-33-12-10-19/h7-15,17,21H,3-6,16H2,1-2H3. The maximum Gasteiger partial charge on any atom is 0.266 e. The number of nitrogens with zero attached hydrogens (tertiary/aromatic N) is 2. The number of methoxy groups -OCH3 is 1. The summed E-state index contributed by atoms with van der Waals surface area (Å²) in [5, 5.41) is -0.0621. The van der Waals surface area contributed by atoms with Gasteiger partial charge >= 0.3 is 0 Å². The molecule has 0 saturated heterocycles.